The van der Waals surface area contributed by atoms with Crippen molar-refractivity contribution in [3.8, 4) is 0 Å². The van der Waals surface area contributed by atoms with Gasteiger partial charge in [-0.2, -0.15) is 4.31 Å². The van der Waals surface area contributed by atoms with E-state index in [2.05, 4.69) is 5.32 Å². The smallest absolute Gasteiger partial charge is 0.338 e. The molecule has 1 amide bonds. The Bertz CT molecular complexity index is 1130. The molecule has 0 heterocycles. The molecule has 0 aromatic heterocycles. The van der Waals surface area contributed by atoms with Crippen LogP contribution < -0.4 is 5.32 Å². The van der Waals surface area contributed by atoms with Crippen LogP contribution in [0.5, 0.6) is 0 Å². The van der Waals surface area contributed by atoms with E-state index in [4.69, 9.17) is 4.74 Å². The fourth-order valence-corrected chi connectivity index (χ4v) is 4.67. The van der Waals surface area contributed by atoms with Crippen molar-refractivity contribution in [2.75, 3.05) is 18.4 Å². The first kappa shape index (κ1) is 25.0. The van der Waals surface area contributed by atoms with Crippen molar-refractivity contribution in [2.45, 2.75) is 38.7 Å². The van der Waals surface area contributed by atoms with Crippen LogP contribution in [0.4, 0.5) is 11.4 Å². The van der Waals surface area contributed by atoms with Crippen molar-refractivity contribution in [1.82, 2.24) is 4.31 Å². The zero-order valence-electron chi connectivity index (χ0n) is 18.2. The Labute approximate surface area is 186 Å². The maximum absolute atomic E-state index is 12.9. The summed E-state index contributed by atoms with van der Waals surface area (Å²) in [7, 11) is -3.80. The van der Waals surface area contributed by atoms with Gasteiger partial charge in [-0.25, -0.2) is 13.2 Å². The average molecular weight is 464 g/mol. The second kappa shape index (κ2) is 10.3. The van der Waals surface area contributed by atoms with E-state index in [1.807, 2.05) is 0 Å². The van der Waals surface area contributed by atoms with Crippen molar-refractivity contribution in [3.05, 3.63) is 63.7 Å². The zero-order chi connectivity index (χ0) is 24.1. The van der Waals surface area contributed by atoms with Crippen LogP contribution in [0.15, 0.2) is 47.4 Å². The van der Waals surface area contributed by atoms with Crippen LogP contribution in [0.1, 0.15) is 36.7 Å². The lowest BCUT2D eigenvalue weighted by atomic mass is 10.1. The van der Waals surface area contributed by atoms with E-state index in [1.54, 1.807) is 20.8 Å². The number of rotatable bonds is 9. The molecule has 0 fully saturated rings. The predicted octanol–water partition coefficient (Wildman–Crippen LogP) is 3.12. The molecule has 0 spiro atoms. The maximum atomic E-state index is 12.9. The fourth-order valence-electron chi connectivity index (χ4n) is 2.96. The number of nitrogens with zero attached hydrogens (tertiary/aromatic N) is 2. The first-order valence-electron chi connectivity index (χ1n) is 9.88. The Morgan fingerprint density at radius 3 is 2.38 bits per heavy atom. The van der Waals surface area contributed by atoms with Crippen LogP contribution in [0.2, 0.25) is 0 Å². The molecular formula is C21H25N3O7S. The van der Waals surface area contributed by atoms with Crippen LogP contribution in [-0.2, 0) is 19.6 Å². The van der Waals surface area contributed by atoms with Gasteiger partial charge in [0.15, 0.2) is 6.10 Å². The number of amides is 1. The molecule has 32 heavy (non-hydrogen) atoms. The third-order valence-electron chi connectivity index (χ3n) is 4.76. The SMILES string of the molecule is CCN(CC)S(=O)(=O)c1cc(C(=O)OC(C)C(=O)Nc2ccccc2[N+](=O)[O-])ccc1C. The van der Waals surface area contributed by atoms with Gasteiger partial charge in [0, 0.05) is 19.2 Å². The standard InChI is InChI=1S/C21H25N3O7S/c1-5-23(6-2)32(29,30)19-13-16(12-11-14(19)3)21(26)31-15(4)20(25)22-17-9-7-8-10-18(17)24(27)28/h7-13,15H,5-6H2,1-4H3,(H,22,25). The molecule has 1 N–H and O–H groups in total. The molecule has 1 unspecified atom stereocenters. The number of esters is 1. The van der Waals surface area contributed by atoms with Crippen molar-refractivity contribution < 1.29 is 27.7 Å². The van der Waals surface area contributed by atoms with E-state index >= 15 is 0 Å². The van der Waals surface area contributed by atoms with Gasteiger partial charge in [-0.05, 0) is 37.6 Å². The van der Waals surface area contributed by atoms with E-state index in [1.165, 1.54) is 53.7 Å². The molecule has 0 bridgehead atoms. The van der Waals surface area contributed by atoms with Crippen LogP contribution in [-0.4, -0.2) is 48.7 Å². The second-order valence-corrected chi connectivity index (χ2v) is 8.79. The molecule has 10 nitrogen and oxygen atoms in total. The third kappa shape index (κ3) is 5.48. The number of nitrogens with one attached hydrogen (secondary N) is 1. The Morgan fingerprint density at radius 2 is 1.78 bits per heavy atom. The number of aryl methyl sites for hydroxylation is 1. The normalized spacial score (nSPS) is 12.3. The topological polar surface area (TPSA) is 136 Å². The van der Waals surface area contributed by atoms with E-state index in [-0.39, 0.29) is 34.9 Å². The summed E-state index contributed by atoms with van der Waals surface area (Å²) in [5, 5.41) is 13.4. The van der Waals surface area contributed by atoms with Gasteiger partial charge in [-0.1, -0.05) is 32.0 Å². The lowest BCUT2D eigenvalue weighted by Crippen LogP contribution is -2.32. The van der Waals surface area contributed by atoms with Gasteiger partial charge >= 0.3 is 5.97 Å². The number of benzene rings is 2. The fraction of sp³-hybridized carbons (Fsp3) is 0.333. The summed E-state index contributed by atoms with van der Waals surface area (Å²) in [5.74, 6) is -1.66. The molecule has 0 saturated heterocycles. The van der Waals surface area contributed by atoms with Gasteiger partial charge in [-0.15, -0.1) is 0 Å². The van der Waals surface area contributed by atoms with Gasteiger partial charge < -0.3 is 10.1 Å². The Morgan fingerprint density at radius 1 is 1.16 bits per heavy atom. The number of sulfonamides is 1. The number of ether oxygens (including phenoxy) is 1. The summed E-state index contributed by atoms with van der Waals surface area (Å²) in [5.41, 5.74) is 0.0970. The van der Waals surface area contributed by atoms with Gasteiger partial charge in [0.2, 0.25) is 10.0 Å². The Hall–Kier alpha value is -3.31. The van der Waals surface area contributed by atoms with Crippen molar-refractivity contribution in [3.63, 3.8) is 0 Å². The molecular weight excluding hydrogens is 438 g/mol. The minimum absolute atomic E-state index is 0.0207. The summed E-state index contributed by atoms with van der Waals surface area (Å²) in [6, 6.07) is 9.68. The Kier molecular flexibility index (Phi) is 8.06. The van der Waals surface area contributed by atoms with E-state index in [9.17, 15) is 28.1 Å². The monoisotopic (exact) mass is 463 g/mol. The third-order valence-corrected chi connectivity index (χ3v) is 6.95. The van der Waals surface area contributed by atoms with Crippen LogP contribution >= 0.6 is 0 Å². The quantitative estimate of drug-likeness (QED) is 0.343. The van der Waals surface area contributed by atoms with E-state index < -0.39 is 32.9 Å². The van der Waals surface area contributed by atoms with Crippen molar-refractivity contribution in [2.24, 2.45) is 0 Å². The van der Waals surface area contributed by atoms with E-state index in [0.29, 0.717) is 5.56 Å². The highest BCUT2D eigenvalue weighted by Crippen LogP contribution is 2.24. The molecule has 2 aromatic rings. The maximum Gasteiger partial charge on any atom is 0.338 e. The first-order chi connectivity index (χ1) is 15.0. The molecule has 2 rings (SSSR count). The van der Waals surface area contributed by atoms with Gasteiger partial charge in [0.1, 0.15) is 5.69 Å². The summed E-state index contributed by atoms with van der Waals surface area (Å²) in [6.07, 6.45) is -1.29. The number of hydrogen-bond acceptors (Lipinski definition) is 7. The minimum atomic E-state index is -3.80. The molecule has 172 valence electrons. The Balaban J connectivity index is 2.21. The summed E-state index contributed by atoms with van der Waals surface area (Å²) < 4.78 is 32.2. The van der Waals surface area contributed by atoms with Gasteiger partial charge in [0.05, 0.1) is 15.4 Å². The van der Waals surface area contributed by atoms with Crippen LogP contribution in [0.3, 0.4) is 0 Å². The van der Waals surface area contributed by atoms with Crippen molar-refractivity contribution in [1.29, 1.82) is 0 Å². The van der Waals surface area contributed by atoms with Crippen molar-refractivity contribution >= 4 is 33.3 Å². The molecule has 0 aliphatic carbocycles. The number of hydrogen-bond donors (Lipinski definition) is 1. The van der Waals surface area contributed by atoms with Gasteiger partial charge in [-0.3, -0.25) is 14.9 Å². The summed E-state index contributed by atoms with van der Waals surface area (Å²) in [6.45, 7) is 6.90. The molecule has 1 atom stereocenters. The number of nitro benzene ring substituents is 1. The number of para-hydroxylation sites is 2. The average Bonchev–Trinajstić information content (AvgIpc) is 2.74. The second-order valence-electron chi connectivity index (χ2n) is 6.88. The summed E-state index contributed by atoms with van der Waals surface area (Å²) in [4.78, 5) is 35.4. The predicted molar refractivity (Wildman–Crippen MR) is 118 cm³/mol. The highest BCUT2D eigenvalue weighted by Gasteiger charge is 2.26. The van der Waals surface area contributed by atoms with Gasteiger partial charge in [0.25, 0.3) is 11.6 Å². The number of anilines is 1. The largest absolute Gasteiger partial charge is 0.449 e. The number of nitro groups is 1. The lowest BCUT2D eigenvalue weighted by Gasteiger charge is -2.20. The molecule has 11 heteroatoms. The molecule has 0 radical (unpaired) electrons. The molecule has 0 aliphatic rings. The zero-order valence-corrected chi connectivity index (χ0v) is 19.0. The van der Waals surface area contributed by atoms with E-state index in [0.717, 1.165) is 0 Å². The number of carbonyl (C=O) groups excluding carboxylic acids is 2. The highest BCUT2D eigenvalue weighted by atomic mass is 32.2. The van der Waals surface area contributed by atoms with Crippen LogP contribution in [0, 0.1) is 17.0 Å². The lowest BCUT2D eigenvalue weighted by molar-refractivity contribution is -0.383. The number of carbonyl (C=O) groups is 2. The molecule has 2 aromatic carbocycles. The minimum Gasteiger partial charge on any atom is -0.449 e. The highest BCUT2D eigenvalue weighted by molar-refractivity contribution is 7.89. The molecule has 0 aliphatic heterocycles. The van der Waals surface area contributed by atoms with Crippen LogP contribution in [0.25, 0.3) is 0 Å². The molecule has 0 saturated carbocycles. The first-order valence-corrected chi connectivity index (χ1v) is 11.3. The summed E-state index contributed by atoms with van der Waals surface area (Å²) >= 11 is 0.